The summed E-state index contributed by atoms with van der Waals surface area (Å²) in [5.74, 6) is -0.771. The Morgan fingerprint density at radius 2 is 1.75 bits per heavy atom. The number of anilines is 1. The average Bonchev–Trinajstić information content (AvgIpc) is 3.63. The molecule has 2 aromatic carbocycles. The van der Waals surface area contributed by atoms with Gasteiger partial charge in [0.05, 0.1) is 29.7 Å². The van der Waals surface area contributed by atoms with E-state index in [0.29, 0.717) is 24.0 Å². The Bertz CT molecular complexity index is 1770. The third-order valence-corrected chi connectivity index (χ3v) is 7.69. The van der Waals surface area contributed by atoms with Crippen LogP contribution in [-0.4, -0.2) is 49.2 Å². The molecule has 12 heteroatoms. The molecule has 3 N–H and O–H groups in total. The molecular formula is C32H30F3N5O4. The van der Waals surface area contributed by atoms with E-state index < -0.39 is 30.1 Å². The van der Waals surface area contributed by atoms with Crippen LogP contribution in [0.25, 0.3) is 33.6 Å². The second-order valence-corrected chi connectivity index (χ2v) is 10.7. The Morgan fingerprint density at radius 1 is 1.07 bits per heavy atom. The molecule has 4 aromatic rings. The summed E-state index contributed by atoms with van der Waals surface area (Å²) in [6, 6.07) is 15.5. The first-order chi connectivity index (χ1) is 21.0. The number of furan rings is 1. The molecular weight excluding hydrogens is 575 g/mol. The van der Waals surface area contributed by atoms with Gasteiger partial charge in [0.25, 0.3) is 11.8 Å². The number of nitrogens with zero attached hydrogens (tertiary/aromatic N) is 2. The van der Waals surface area contributed by atoms with Crippen LogP contribution in [-0.2, 0) is 0 Å². The molecule has 1 aliphatic carbocycles. The van der Waals surface area contributed by atoms with Crippen molar-refractivity contribution in [3.05, 3.63) is 65.2 Å². The summed E-state index contributed by atoms with van der Waals surface area (Å²) >= 11 is 0. The van der Waals surface area contributed by atoms with Crippen LogP contribution in [0.5, 0.6) is 5.75 Å². The first-order valence-corrected chi connectivity index (χ1v) is 14.0. The molecule has 228 valence electrons. The Morgan fingerprint density at radius 3 is 2.36 bits per heavy atom. The molecule has 0 bridgehead atoms. The molecule has 2 heterocycles. The number of nitriles is 1. The van der Waals surface area contributed by atoms with Gasteiger partial charge >= 0.3 is 6.18 Å². The van der Waals surface area contributed by atoms with Crippen LogP contribution in [0.15, 0.2) is 52.9 Å². The quantitative estimate of drug-likeness (QED) is 0.213. The lowest BCUT2D eigenvalue weighted by atomic mass is 9.97. The van der Waals surface area contributed by atoms with Crippen LogP contribution >= 0.6 is 0 Å². The average molecular weight is 606 g/mol. The first-order valence-electron chi connectivity index (χ1n) is 14.0. The van der Waals surface area contributed by atoms with Gasteiger partial charge in [-0.05, 0) is 56.4 Å². The maximum absolute atomic E-state index is 13.5. The zero-order valence-electron chi connectivity index (χ0n) is 24.3. The summed E-state index contributed by atoms with van der Waals surface area (Å²) in [6.45, 7) is 0.520. The van der Waals surface area contributed by atoms with Crippen LogP contribution in [0.2, 0.25) is 0 Å². The van der Waals surface area contributed by atoms with E-state index in [0.717, 1.165) is 18.4 Å². The molecule has 0 aliphatic heterocycles. The fraction of sp³-hybridized carbons (Fsp3) is 0.312. The standard InChI is InChI=1S/C32H30F3N5O4/c1-18-6-8-19(9-7-18)26-25(29(42)37-2)23-15-21(27(39-30(23)44-26)38-17-32(33,34)35)20-10-11-24(43-3)22(14-20)28(41)40-31(16-36)12-4-5-13-31/h6-11,14-15H,4-5,12-13,17H2,1-3H3,(H,37,42)(H,38,39)(H,40,41). The van der Waals surface area contributed by atoms with Gasteiger partial charge in [-0.25, -0.2) is 0 Å². The number of pyridine rings is 1. The molecule has 1 aliphatic rings. The summed E-state index contributed by atoms with van der Waals surface area (Å²) in [6.07, 6.45) is -1.94. The normalized spacial score (nSPS) is 14.2. The van der Waals surface area contributed by atoms with Crippen molar-refractivity contribution in [1.29, 1.82) is 5.26 Å². The number of aryl methyl sites for hydroxylation is 1. The van der Waals surface area contributed by atoms with Crippen molar-refractivity contribution >= 4 is 28.7 Å². The van der Waals surface area contributed by atoms with Crippen LogP contribution in [0.3, 0.4) is 0 Å². The van der Waals surface area contributed by atoms with Crippen molar-refractivity contribution in [3.63, 3.8) is 0 Å². The third kappa shape index (κ3) is 6.04. The smallest absolute Gasteiger partial charge is 0.405 e. The Balaban J connectivity index is 1.69. The highest BCUT2D eigenvalue weighted by Crippen LogP contribution is 2.39. The van der Waals surface area contributed by atoms with E-state index in [1.165, 1.54) is 32.4 Å². The molecule has 0 unspecified atom stereocenters. The molecule has 2 aromatic heterocycles. The molecule has 1 fully saturated rings. The molecule has 9 nitrogen and oxygen atoms in total. The highest BCUT2D eigenvalue weighted by Gasteiger charge is 2.36. The van der Waals surface area contributed by atoms with Crippen molar-refractivity contribution in [2.45, 2.75) is 44.3 Å². The number of benzene rings is 2. The van der Waals surface area contributed by atoms with E-state index in [1.807, 2.05) is 19.1 Å². The molecule has 0 saturated heterocycles. The molecule has 0 spiro atoms. The molecule has 2 amide bonds. The lowest BCUT2D eigenvalue weighted by Crippen LogP contribution is -2.45. The lowest BCUT2D eigenvalue weighted by molar-refractivity contribution is -0.115. The number of hydrogen-bond acceptors (Lipinski definition) is 7. The summed E-state index contributed by atoms with van der Waals surface area (Å²) in [7, 11) is 2.85. The highest BCUT2D eigenvalue weighted by molar-refractivity contribution is 6.11. The number of amides is 2. The zero-order valence-corrected chi connectivity index (χ0v) is 24.3. The second-order valence-electron chi connectivity index (χ2n) is 10.7. The fourth-order valence-electron chi connectivity index (χ4n) is 5.40. The number of nitrogens with one attached hydrogen (secondary N) is 3. The topological polar surface area (TPSA) is 129 Å². The monoisotopic (exact) mass is 605 g/mol. The van der Waals surface area contributed by atoms with Gasteiger partial charge in [0.1, 0.15) is 29.4 Å². The van der Waals surface area contributed by atoms with Crippen LogP contribution in [0.4, 0.5) is 19.0 Å². The highest BCUT2D eigenvalue weighted by atomic mass is 19.4. The summed E-state index contributed by atoms with van der Waals surface area (Å²) in [5.41, 5.74) is 1.28. The summed E-state index contributed by atoms with van der Waals surface area (Å²) < 4.78 is 51.4. The van der Waals surface area contributed by atoms with E-state index in [1.54, 1.807) is 18.2 Å². The van der Waals surface area contributed by atoms with Gasteiger partial charge in [0, 0.05) is 18.2 Å². The van der Waals surface area contributed by atoms with E-state index in [-0.39, 0.29) is 45.1 Å². The van der Waals surface area contributed by atoms with Crippen molar-refractivity contribution in [2.75, 3.05) is 26.0 Å². The maximum atomic E-state index is 13.5. The zero-order chi connectivity index (χ0) is 31.6. The van der Waals surface area contributed by atoms with Crippen molar-refractivity contribution < 1.29 is 31.9 Å². The predicted octanol–water partition coefficient (Wildman–Crippen LogP) is 6.38. The molecule has 5 rings (SSSR count). The second kappa shape index (κ2) is 11.9. The number of aromatic nitrogens is 1. The van der Waals surface area contributed by atoms with E-state index in [4.69, 9.17) is 9.15 Å². The van der Waals surface area contributed by atoms with Gasteiger partial charge in [-0.3, -0.25) is 9.59 Å². The molecule has 0 radical (unpaired) electrons. The molecule has 0 atom stereocenters. The molecule has 44 heavy (non-hydrogen) atoms. The van der Waals surface area contributed by atoms with Gasteiger partial charge in [-0.1, -0.05) is 35.9 Å². The van der Waals surface area contributed by atoms with Gasteiger partial charge < -0.3 is 25.1 Å². The van der Waals surface area contributed by atoms with Gasteiger partial charge in [0.2, 0.25) is 5.71 Å². The van der Waals surface area contributed by atoms with Crippen molar-refractivity contribution in [2.24, 2.45) is 0 Å². The number of carbonyl (C=O) groups is 2. The maximum Gasteiger partial charge on any atom is 0.405 e. The SMILES string of the molecule is CNC(=O)c1c(-c2ccc(C)cc2)oc2nc(NCC(F)(F)F)c(-c3ccc(OC)c(C(=O)NC4(C#N)CCCC4)c3)cc12. The number of halogens is 3. The number of rotatable bonds is 8. The number of methoxy groups -OCH3 is 1. The Kier molecular flexibility index (Phi) is 8.23. The number of alkyl halides is 3. The minimum Gasteiger partial charge on any atom is -0.496 e. The summed E-state index contributed by atoms with van der Waals surface area (Å²) in [5, 5.41) is 17.8. The van der Waals surface area contributed by atoms with Crippen molar-refractivity contribution in [1.82, 2.24) is 15.6 Å². The first kappa shape index (κ1) is 30.4. The lowest BCUT2D eigenvalue weighted by Gasteiger charge is -2.23. The number of carbonyl (C=O) groups excluding carboxylic acids is 2. The van der Waals surface area contributed by atoms with E-state index in [9.17, 15) is 28.0 Å². The van der Waals surface area contributed by atoms with E-state index in [2.05, 4.69) is 27.0 Å². The minimum absolute atomic E-state index is 0.0451. The number of hydrogen-bond donors (Lipinski definition) is 3. The Hall–Kier alpha value is -5.05. The summed E-state index contributed by atoms with van der Waals surface area (Å²) in [4.78, 5) is 31.0. The third-order valence-electron chi connectivity index (χ3n) is 7.69. The van der Waals surface area contributed by atoms with Gasteiger partial charge in [-0.2, -0.15) is 23.4 Å². The van der Waals surface area contributed by atoms with Crippen molar-refractivity contribution in [3.8, 4) is 34.3 Å². The Labute approximate surface area is 251 Å². The number of ether oxygens (including phenoxy) is 1. The van der Waals surface area contributed by atoms with Crippen LogP contribution < -0.4 is 20.7 Å². The van der Waals surface area contributed by atoms with Gasteiger partial charge in [-0.15, -0.1) is 0 Å². The molecule has 1 saturated carbocycles. The van der Waals surface area contributed by atoms with E-state index >= 15 is 0 Å². The minimum atomic E-state index is -4.56. The number of fused-ring (bicyclic) bond motifs is 1. The predicted molar refractivity (Wildman–Crippen MR) is 158 cm³/mol. The van der Waals surface area contributed by atoms with Crippen LogP contribution in [0, 0.1) is 18.3 Å². The largest absolute Gasteiger partial charge is 0.496 e. The van der Waals surface area contributed by atoms with Gasteiger partial charge in [0.15, 0.2) is 0 Å². The van der Waals surface area contributed by atoms with Crippen LogP contribution in [0.1, 0.15) is 52.0 Å². The fourth-order valence-corrected chi connectivity index (χ4v) is 5.40.